The molecule has 0 amide bonds. The number of hydrogen-bond donors (Lipinski definition) is 1. The zero-order chi connectivity index (χ0) is 8.81. The van der Waals surface area contributed by atoms with E-state index in [9.17, 15) is 0 Å². The van der Waals surface area contributed by atoms with Crippen LogP contribution in [0.3, 0.4) is 0 Å². The molecule has 1 atom stereocenters. The molecule has 1 unspecified atom stereocenters. The Balaban J connectivity index is 2.11. The molecule has 1 rings (SSSR count). The van der Waals surface area contributed by atoms with Crippen molar-refractivity contribution in [3.05, 3.63) is 18.7 Å². The van der Waals surface area contributed by atoms with Crippen molar-refractivity contribution in [2.45, 2.75) is 31.6 Å². The van der Waals surface area contributed by atoms with Crippen molar-refractivity contribution in [2.24, 2.45) is 0 Å². The van der Waals surface area contributed by atoms with Crippen LogP contribution in [0, 0.1) is 0 Å². The van der Waals surface area contributed by atoms with Crippen LogP contribution in [-0.4, -0.2) is 14.8 Å². The summed E-state index contributed by atoms with van der Waals surface area (Å²) in [6, 6.07) is 0. The number of thiol groups is 1. The van der Waals surface area contributed by atoms with Crippen LogP contribution in [0.25, 0.3) is 0 Å². The van der Waals surface area contributed by atoms with Gasteiger partial charge in [0.05, 0.1) is 6.33 Å². The van der Waals surface area contributed by atoms with E-state index in [1.807, 2.05) is 18.7 Å². The van der Waals surface area contributed by atoms with Crippen molar-refractivity contribution in [2.75, 3.05) is 0 Å². The third-order valence-electron chi connectivity index (χ3n) is 1.77. The van der Waals surface area contributed by atoms with Crippen LogP contribution < -0.4 is 0 Å². The van der Waals surface area contributed by atoms with Gasteiger partial charge in [0.1, 0.15) is 0 Å². The van der Waals surface area contributed by atoms with Crippen molar-refractivity contribution in [1.82, 2.24) is 9.55 Å². The number of aromatic nitrogens is 2. The van der Waals surface area contributed by atoms with Gasteiger partial charge in [-0.05, 0) is 12.8 Å². The Labute approximate surface area is 82.6 Å². The van der Waals surface area contributed by atoms with Crippen molar-refractivity contribution in [3.8, 4) is 0 Å². The second-order valence-electron chi connectivity index (χ2n) is 2.86. The van der Waals surface area contributed by atoms with Gasteiger partial charge in [0.15, 0.2) is 0 Å². The molecule has 0 aromatic carbocycles. The molecule has 0 fully saturated rings. The predicted molar refractivity (Wildman–Crippen MR) is 57.5 cm³/mol. The summed E-state index contributed by atoms with van der Waals surface area (Å²) in [6.45, 7) is 3.27. The number of aryl methyl sites for hydroxylation is 1. The Bertz CT molecular complexity index is 199. The zero-order valence-corrected chi connectivity index (χ0v) is 8.89. The van der Waals surface area contributed by atoms with E-state index in [4.69, 9.17) is 0 Å². The topological polar surface area (TPSA) is 17.8 Å². The Kier molecular flexibility index (Phi) is 4.61. The Morgan fingerprint density at radius 3 is 3.08 bits per heavy atom. The molecule has 2 nitrogen and oxygen atoms in total. The summed E-state index contributed by atoms with van der Waals surface area (Å²) in [5.41, 5.74) is 0. The second-order valence-corrected chi connectivity index (χ2v) is 4.51. The van der Waals surface area contributed by atoms with E-state index in [0.717, 1.165) is 6.54 Å². The number of rotatable bonds is 5. The van der Waals surface area contributed by atoms with Crippen molar-refractivity contribution >= 4 is 22.5 Å². The summed E-state index contributed by atoms with van der Waals surface area (Å²) in [7, 11) is 1.63. The van der Waals surface area contributed by atoms with Gasteiger partial charge in [-0.2, -0.15) is 0 Å². The molecule has 4 heteroatoms. The number of imidazole rings is 1. The Hall–Kier alpha value is -0.0900. The Morgan fingerprint density at radius 2 is 2.50 bits per heavy atom. The number of hydrogen-bond acceptors (Lipinski definition) is 3. The molecule has 0 saturated heterocycles. The smallest absolute Gasteiger partial charge is 0.0945 e. The monoisotopic (exact) mass is 202 g/mol. The minimum atomic E-state index is 0.650. The molecule has 1 heterocycles. The minimum Gasteiger partial charge on any atom is -0.337 e. The highest BCUT2D eigenvalue weighted by molar-refractivity contribution is 8.68. The minimum absolute atomic E-state index is 0.650. The van der Waals surface area contributed by atoms with E-state index in [1.54, 1.807) is 10.8 Å². The highest BCUT2D eigenvalue weighted by Crippen LogP contribution is 2.18. The van der Waals surface area contributed by atoms with Crippen LogP contribution in [0.2, 0.25) is 0 Å². The van der Waals surface area contributed by atoms with Gasteiger partial charge in [0.2, 0.25) is 0 Å². The van der Waals surface area contributed by atoms with Gasteiger partial charge in [0, 0.05) is 24.2 Å². The van der Waals surface area contributed by atoms with Crippen molar-refractivity contribution in [3.63, 3.8) is 0 Å². The van der Waals surface area contributed by atoms with Crippen molar-refractivity contribution in [1.29, 1.82) is 0 Å². The summed E-state index contributed by atoms with van der Waals surface area (Å²) in [6.07, 6.45) is 8.09. The van der Waals surface area contributed by atoms with E-state index < -0.39 is 0 Å². The van der Waals surface area contributed by atoms with Gasteiger partial charge in [0.25, 0.3) is 0 Å². The van der Waals surface area contributed by atoms with Gasteiger partial charge >= 0.3 is 0 Å². The first-order chi connectivity index (χ1) is 5.83. The third-order valence-corrected chi connectivity index (χ3v) is 3.44. The van der Waals surface area contributed by atoms with Gasteiger partial charge < -0.3 is 4.57 Å². The molecule has 1 aromatic heterocycles. The molecule has 0 radical (unpaired) electrons. The van der Waals surface area contributed by atoms with Crippen LogP contribution in [0.15, 0.2) is 18.7 Å². The molecular formula is C8H14N2S2. The van der Waals surface area contributed by atoms with Gasteiger partial charge in [-0.3, -0.25) is 0 Å². The van der Waals surface area contributed by atoms with Gasteiger partial charge in [-0.1, -0.05) is 17.7 Å². The molecule has 0 saturated carbocycles. The van der Waals surface area contributed by atoms with Gasteiger partial charge in [-0.25, -0.2) is 4.98 Å². The molecule has 0 bridgehead atoms. The van der Waals surface area contributed by atoms with Crippen LogP contribution in [-0.2, 0) is 6.54 Å². The van der Waals surface area contributed by atoms with E-state index in [0.29, 0.717) is 5.25 Å². The van der Waals surface area contributed by atoms with E-state index >= 15 is 0 Å². The lowest BCUT2D eigenvalue weighted by molar-refractivity contribution is 0.608. The van der Waals surface area contributed by atoms with Crippen LogP contribution in [0.5, 0.6) is 0 Å². The predicted octanol–water partition coefficient (Wildman–Crippen LogP) is 2.63. The molecule has 0 aliphatic rings. The quantitative estimate of drug-likeness (QED) is 0.584. The SMILES string of the molecule is CC(CCCn1ccnc1)SS. The fourth-order valence-corrected chi connectivity index (χ4v) is 1.62. The summed E-state index contributed by atoms with van der Waals surface area (Å²) in [4.78, 5) is 3.98. The zero-order valence-electron chi connectivity index (χ0n) is 7.18. The summed E-state index contributed by atoms with van der Waals surface area (Å²) in [5, 5.41) is 0.650. The standard InChI is InChI=1S/C8H14N2S2/c1-8(12-11)3-2-5-10-6-4-9-7-10/h4,6-8,11H,2-3,5H2,1H3. The molecule has 12 heavy (non-hydrogen) atoms. The first kappa shape index (κ1) is 9.99. The maximum absolute atomic E-state index is 4.16. The molecular weight excluding hydrogens is 188 g/mol. The maximum Gasteiger partial charge on any atom is 0.0945 e. The average Bonchev–Trinajstić information content (AvgIpc) is 2.57. The highest BCUT2D eigenvalue weighted by Gasteiger charge is 1.99. The van der Waals surface area contributed by atoms with Crippen LogP contribution >= 0.6 is 22.5 Å². The lowest BCUT2D eigenvalue weighted by Crippen LogP contribution is -1.99. The van der Waals surface area contributed by atoms with Crippen LogP contribution in [0.4, 0.5) is 0 Å². The molecule has 0 spiro atoms. The summed E-state index contributed by atoms with van der Waals surface area (Å²) >= 11 is 4.16. The van der Waals surface area contributed by atoms with E-state index in [-0.39, 0.29) is 0 Å². The Morgan fingerprint density at radius 1 is 1.67 bits per heavy atom. The van der Waals surface area contributed by atoms with E-state index in [2.05, 4.69) is 28.1 Å². The third kappa shape index (κ3) is 3.54. The summed E-state index contributed by atoms with van der Waals surface area (Å²) in [5.74, 6) is 0. The average molecular weight is 202 g/mol. The summed E-state index contributed by atoms with van der Waals surface area (Å²) < 4.78 is 2.11. The molecule has 1 aromatic rings. The molecule has 68 valence electrons. The normalized spacial score (nSPS) is 13.2. The van der Waals surface area contributed by atoms with Gasteiger partial charge in [-0.15, -0.1) is 11.7 Å². The molecule has 0 aliphatic heterocycles. The van der Waals surface area contributed by atoms with E-state index in [1.165, 1.54) is 12.8 Å². The lowest BCUT2D eigenvalue weighted by Gasteiger charge is -2.06. The first-order valence-electron chi connectivity index (χ1n) is 4.09. The van der Waals surface area contributed by atoms with Crippen molar-refractivity contribution < 1.29 is 0 Å². The highest BCUT2D eigenvalue weighted by atomic mass is 33.1. The molecule has 0 aliphatic carbocycles. The largest absolute Gasteiger partial charge is 0.337 e. The second kappa shape index (κ2) is 5.54. The fraction of sp³-hybridized carbons (Fsp3) is 0.625. The lowest BCUT2D eigenvalue weighted by atomic mass is 10.2. The maximum atomic E-state index is 4.16. The fourth-order valence-electron chi connectivity index (χ4n) is 1.03. The first-order valence-corrected chi connectivity index (χ1v) is 6.02. The number of nitrogens with zero attached hydrogens (tertiary/aromatic N) is 2. The van der Waals surface area contributed by atoms with Crippen LogP contribution in [0.1, 0.15) is 19.8 Å². The molecule has 0 N–H and O–H groups in total.